The van der Waals surface area contributed by atoms with Crippen molar-refractivity contribution in [2.45, 2.75) is 32.5 Å². The van der Waals surface area contributed by atoms with Crippen molar-refractivity contribution < 1.29 is 0 Å². The van der Waals surface area contributed by atoms with E-state index in [9.17, 15) is 0 Å². The van der Waals surface area contributed by atoms with Gasteiger partial charge in [0.15, 0.2) is 0 Å². The molecule has 0 aliphatic carbocycles. The van der Waals surface area contributed by atoms with Gasteiger partial charge in [-0.15, -0.1) is 0 Å². The van der Waals surface area contributed by atoms with E-state index in [4.69, 9.17) is 0 Å². The van der Waals surface area contributed by atoms with Gasteiger partial charge in [-0.2, -0.15) is 0 Å². The quantitative estimate of drug-likeness (QED) is 0.474. The van der Waals surface area contributed by atoms with Crippen LogP contribution in [0.2, 0.25) is 19.1 Å². The second-order valence-corrected chi connectivity index (χ2v) is 8.93. The molecule has 0 aromatic heterocycles. The molecule has 0 saturated carbocycles. The van der Waals surface area contributed by atoms with E-state index in [1.807, 2.05) is 0 Å². The summed E-state index contributed by atoms with van der Waals surface area (Å²) in [5, 5.41) is 0. The van der Waals surface area contributed by atoms with E-state index in [2.05, 4.69) is 27.5 Å². The Balaban J connectivity index is 3.15. The Hall–Kier alpha value is 0.282. The van der Waals surface area contributed by atoms with Crippen molar-refractivity contribution in [3.63, 3.8) is 0 Å². The molecule has 0 rings (SSSR count). The zero-order chi connectivity index (χ0) is 5.91. The standard InChI is InChI=1S/C5H15BSi/c1-4-5-7(2,3)6/h4-6H2,1-3H3. The first-order chi connectivity index (χ1) is 3.06. The maximum absolute atomic E-state index is 2.41. The predicted molar refractivity (Wildman–Crippen MR) is 41.1 cm³/mol. The largest absolute Gasteiger partial charge is 0.0966 e. The smallest absolute Gasteiger partial charge is 0.0753 e. The summed E-state index contributed by atoms with van der Waals surface area (Å²) < 4.78 is 0. The van der Waals surface area contributed by atoms with E-state index in [0.717, 1.165) is 0 Å². The van der Waals surface area contributed by atoms with E-state index in [1.165, 1.54) is 12.5 Å². The third kappa shape index (κ3) is 6.28. The Labute approximate surface area is 48.7 Å². The summed E-state index contributed by atoms with van der Waals surface area (Å²) >= 11 is 0. The predicted octanol–water partition coefficient (Wildman–Crippen LogP) is 1.23. The van der Waals surface area contributed by atoms with Crippen LogP contribution in [0.3, 0.4) is 0 Å². The zero-order valence-electron chi connectivity index (χ0n) is 5.91. The molecule has 0 amide bonds. The van der Waals surface area contributed by atoms with Gasteiger partial charge in [-0.05, 0) is 0 Å². The Kier molecular flexibility index (Phi) is 2.66. The maximum atomic E-state index is 2.41. The molecular weight excluding hydrogens is 99.0 g/mol. The van der Waals surface area contributed by atoms with E-state index >= 15 is 0 Å². The highest BCUT2D eigenvalue weighted by Crippen LogP contribution is 2.04. The van der Waals surface area contributed by atoms with Crippen LogP contribution < -0.4 is 0 Å². The lowest BCUT2D eigenvalue weighted by Gasteiger charge is -2.12. The zero-order valence-corrected chi connectivity index (χ0v) is 6.91. The summed E-state index contributed by atoms with van der Waals surface area (Å²) in [6, 6.07) is 1.48. The van der Waals surface area contributed by atoms with Gasteiger partial charge in [0.05, 0.1) is 7.44 Å². The Morgan fingerprint density at radius 1 is 1.43 bits per heavy atom. The molecule has 0 unspecified atom stereocenters. The highest BCUT2D eigenvalue weighted by atomic mass is 28.3. The fourth-order valence-corrected chi connectivity index (χ4v) is 2.25. The molecule has 0 atom stereocenters. The normalized spacial score (nSPS) is 11.9. The molecule has 0 aliphatic rings. The van der Waals surface area contributed by atoms with Crippen LogP contribution in [0.5, 0.6) is 0 Å². The molecule has 2 heteroatoms. The van der Waals surface area contributed by atoms with Crippen LogP contribution in [-0.4, -0.2) is 15.4 Å². The first kappa shape index (κ1) is 7.28. The van der Waals surface area contributed by atoms with E-state index in [-0.39, 0.29) is 0 Å². The monoisotopic (exact) mass is 114 g/mol. The van der Waals surface area contributed by atoms with E-state index in [0.29, 0.717) is 0 Å². The van der Waals surface area contributed by atoms with Crippen molar-refractivity contribution >= 4 is 15.4 Å². The van der Waals surface area contributed by atoms with Crippen LogP contribution >= 0.6 is 0 Å². The van der Waals surface area contributed by atoms with Crippen LogP contribution in [0.15, 0.2) is 0 Å². The van der Waals surface area contributed by atoms with Gasteiger partial charge in [-0.3, -0.25) is 0 Å². The first-order valence-corrected chi connectivity index (χ1v) is 6.77. The van der Waals surface area contributed by atoms with E-state index in [1.54, 1.807) is 0 Å². The molecule has 0 aromatic rings. The molecular formula is C5H15BSi. The van der Waals surface area contributed by atoms with E-state index < -0.39 is 7.94 Å². The Morgan fingerprint density at radius 3 is 1.86 bits per heavy atom. The van der Waals surface area contributed by atoms with Gasteiger partial charge in [-0.25, -0.2) is 0 Å². The van der Waals surface area contributed by atoms with Gasteiger partial charge in [0.25, 0.3) is 0 Å². The third-order valence-corrected chi connectivity index (χ3v) is 3.00. The van der Waals surface area contributed by atoms with Crippen molar-refractivity contribution in [1.29, 1.82) is 0 Å². The topological polar surface area (TPSA) is 0 Å². The molecule has 0 fully saturated rings. The number of hydrogen-bond acceptors (Lipinski definition) is 0. The summed E-state index contributed by atoms with van der Waals surface area (Å²) in [5.74, 6) is 0. The molecule has 0 heterocycles. The van der Waals surface area contributed by atoms with Crippen LogP contribution in [-0.2, 0) is 0 Å². The molecule has 0 aromatic carbocycles. The van der Waals surface area contributed by atoms with Crippen molar-refractivity contribution in [3.05, 3.63) is 0 Å². The van der Waals surface area contributed by atoms with Gasteiger partial charge in [-0.1, -0.05) is 32.5 Å². The Bertz CT molecular complexity index is 46.5. The number of rotatable bonds is 2. The van der Waals surface area contributed by atoms with Crippen LogP contribution in [0.1, 0.15) is 13.3 Å². The minimum atomic E-state index is -0.657. The maximum Gasteiger partial charge on any atom is 0.0966 e. The molecule has 0 radical (unpaired) electrons. The van der Waals surface area contributed by atoms with Crippen LogP contribution in [0.4, 0.5) is 0 Å². The second-order valence-electron chi connectivity index (χ2n) is 3.31. The van der Waals surface area contributed by atoms with Crippen molar-refractivity contribution in [3.8, 4) is 0 Å². The number of hydrogen-bond donors (Lipinski definition) is 0. The minimum absolute atomic E-state index is 0.657. The third-order valence-electron chi connectivity index (χ3n) is 1.000. The molecule has 0 aliphatic heterocycles. The fraction of sp³-hybridized carbons (Fsp3) is 1.00. The molecule has 42 valence electrons. The van der Waals surface area contributed by atoms with Gasteiger partial charge in [0, 0.05) is 7.94 Å². The van der Waals surface area contributed by atoms with Gasteiger partial charge >= 0.3 is 0 Å². The van der Waals surface area contributed by atoms with Crippen molar-refractivity contribution in [2.24, 2.45) is 0 Å². The molecule has 0 saturated heterocycles. The second kappa shape index (κ2) is 2.56. The molecule has 0 nitrogen and oxygen atoms in total. The SMILES string of the molecule is B[Si](C)(C)CCC. The Morgan fingerprint density at radius 2 is 1.86 bits per heavy atom. The van der Waals surface area contributed by atoms with Crippen LogP contribution in [0, 0.1) is 0 Å². The summed E-state index contributed by atoms with van der Waals surface area (Å²) in [7, 11) is 1.76. The summed E-state index contributed by atoms with van der Waals surface area (Å²) in [4.78, 5) is 0. The lowest BCUT2D eigenvalue weighted by molar-refractivity contribution is 1.06. The lowest BCUT2D eigenvalue weighted by Crippen LogP contribution is -2.24. The molecule has 0 N–H and O–H groups in total. The average molecular weight is 114 g/mol. The highest BCUT2D eigenvalue weighted by molar-refractivity contribution is 7.15. The van der Waals surface area contributed by atoms with Gasteiger partial charge in [0.1, 0.15) is 0 Å². The van der Waals surface area contributed by atoms with Crippen molar-refractivity contribution in [2.75, 3.05) is 0 Å². The molecule has 0 spiro atoms. The summed E-state index contributed by atoms with van der Waals surface area (Å²) in [5.41, 5.74) is 0. The van der Waals surface area contributed by atoms with Crippen LogP contribution in [0.25, 0.3) is 0 Å². The molecule has 0 bridgehead atoms. The summed E-state index contributed by atoms with van der Waals surface area (Å²) in [6.07, 6.45) is 1.37. The lowest BCUT2D eigenvalue weighted by atomic mass is 10.6. The molecule has 7 heavy (non-hydrogen) atoms. The average Bonchev–Trinajstić information content (AvgIpc) is 1.30. The van der Waals surface area contributed by atoms with Gasteiger partial charge in [0.2, 0.25) is 0 Å². The highest BCUT2D eigenvalue weighted by Gasteiger charge is 2.09. The van der Waals surface area contributed by atoms with Crippen molar-refractivity contribution in [1.82, 2.24) is 0 Å². The summed E-state index contributed by atoms with van der Waals surface area (Å²) in [6.45, 7) is 7.09. The fourth-order valence-electron chi connectivity index (χ4n) is 0.750. The first-order valence-electron chi connectivity index (χ1n) is 3.06. The minimum Gasteiger partial charge on any atom is -0.0753 e. The van der Waals surface area contributed by atoms with Gasteiger partial charge < -0.3 is 0 Å².